The Balaban J connectivity index is 1.04. The maximum atomic E-state index is 14.6. The normalized spacial score (nSPS) is 26.2. The van der Waals surface area contributed by atoms with Gasteiger partial charge in [0.15, 0.2) is 0 Å². The van der Waals surface area contributed by atoms with Crippen LogP contribution in [0.5, 0.6) is 0 Å². The molecule has 2 aromatic carbocycles. The summed E-state index contributed by atoms with van der Waals surface area (Å²) in [5.41, 5.74) is 1.99. The number of halogens is 3. The van der Waals surface area contributed by atoms with Gasteiger partial charge in [0.1, 0.15) is 22.8 Å². The van der Waals surface area contributed by atoms with Crippen molar-refractivity contribution < 1.29 is 23.6 Å². The number of thioether (sulfide) groups is 1. The van der Waals surface area contributed by atoms with Gasteiger partial charge in [0.2, 0.25) is 0 Å². The minimum atomic E-state index is -1.13. The molecule has 7 nitrogen and oxygen atoms in total. The second-order valence-electron chi connectivity index (χ2n) is 11.3. The molecule has 1 atom stereocenters. The summed E-state index contributed by atoms with van der Waals surface area (Å²) < 4.78 is 26.8. The third kappa shape index (κ3) is 4.60. The molecular formula is C29H28Cl2FN3O4S. The maximum Gasteiger partial charge on any atom is 0.413 e. The van der Waals surface area contributed by atoms with Crippen molar-refractivity contribution in [3.8, 4) is 11.3 Å². The summed E-state index contributed by atoms with van der Waals surface area (Å²) in [6, 6.07) is 10.1. The Bertz CT molecular complexity index is 1460. The van der Waals surface area contributed by atoms with Crippen LogP contribution in [0.25, 0.3) is 11.3 Å². The number of piperidine rings is 1. The molecule has 3 aromatic rings. The number of likely N-dealkylation sites (tertiary alicyclic amines) is 1. The lowest BCUT2D eigenvalue weighted by Gasteiger charge is -2.54. The second-order valence-corrected chi connectivity index (χ2v) is 13.3. The van der Waals surface area contributed by atoms with Gasteiger partial charge < -0.3 is 14.4 Å². The van der Waals surface area contributed by atoms with E-state index >= 15 is 0 Å². The second kappa shape index (κ2) is 10.2. The predicted molar refractivity (Wildman–Crippen MR) is 152 cm³/mol. The first-order valence-electron chi connectivity index (χ1n) is 13.6. The molecule has 3 fully saturated rings. The average molecular weight is 605 g/mol. The van der Waals surface area contributed by atoms with Crippen LogP contribution in [0.15, 0.2) is 45.8 Å². The van der Waals surface area contributed by atoms with Gasteiger partial charge in [-0.2, -0.15) is 0 Å². The van der Waals surface area contributed by atoms with Crippen molar-refractivity contribution >= 4 is 46.7 Å². The van der Waals surface area contributed by atoms with Gasteiger partial charge in [-0.05, 0) is 68.2 Å². The number of hydrogen-bond acceptors (Lipinski definition) is 6. The number of ether oxygens (including phenoxy) is 1. The van der Waals surface area contributed by atoms with Crippen molar-refractivity contribution in [2.24, 2.45) is 5.41 Å². The average Bonchev–Trinajstić information content (AvgIpc) is 3.54. The number of benzene rings is 2. The van der Waals surface area contributed by atoms with Crippen LogP contribution in [0.4, 0.5) is 14.9 Å². The summed E-state index contributed by atoms with van der Waals surface area (Å²) in [4.78, 5) is 16.2. The van der Waals surface area contributed by atoms with Crippen molar-refractivity contribution in [2.45, 2.75) is 67.5 Å². The maximum absolute atomic E-state index is 14.6. The van der Waals surface area contributed by atoms with Crippen molar-refractivity contribution in [3.05, 3.63) is 63.6 Å². The SMILES string of the molecule is O=C(O)N1c2c(F)cccc2SC1N1CCCC2(CC(OCc3c(-c4c(Cl)cccc4Cl)noc3C3CC3)C2)C1. The molecule has 4 aliphatic rings. The number of anilines is 1. The summed E-state index contributed by atoms with van der Waals surface area (Å²) in [5.74, 6) is 0.717. The lowest BCUT2D eigenvalue weighted by Crippen LogP contribution is -2.58. The van der Waals surface area contributed by atoms with E-state index < -0.39 is 17.4 Å². The Kier molecular flexibility index (Phi) is 6.78. The minimum absolute atomic E-state index is 0.0593. The molecule has 2 aliphatic carbocycles. The molecule has 0 radical (unpaired) electrons. The molecule has 11 heteroatoms. The Labute approximate surface area is 245 Å². The van der Waals surface area contributed by atoms with Crippen LogP contribution in [-0.4, -0.2) is 45.9 Å². The van der Waals surface area contributed by atoms with Crippen LogP contribution in [0.2, 0.25) is 10.0 Å². The Hall–Kier alpha value is -2.30. The first-order chi connectivity index (χ1) is 19.3. The lowest BCUT2D eigenvalue weighted by atomic mass is 9.62. The van der Waals surface area contributed by atoms with Crippen LogP contribution in [0, 0.1) is 11.2 Å². The zero-order valence-corrected chi connectivity index (χ0v) is 23.9. The quantitative estimate of drug-likeness (QED) is 0.306. The molecule has 210 valence electrons. The van der Waals surface area contributed by atoms with Crippen LogP contribution in [-0.2, 0) is 11.3 Å². The summed E-state index contributed by atoms with van der Waals surface area (Å²) in [5, 5.41) is 15.4. The number of para-hydroxylation sites is 1. The van der Waals surface area contributed by atoms with Gasteiger partial charge in [0.25, 0.3) is 0 Å². The fourth-order valence-electron chi connectivity index (χ4n) is 6.57. The highest BCUT2D eigenvalue weighted by Crippen LogP contribution is 2.53. The number of carbonyl (C=O) groups is 1. The van der Waals surface area contributed by atoms with E-state index in [1.165, 1.54) is 22.7 Å². The highest BCUT2D eigenvalue weighted by Gasteiger charge is 2.51. The van der Waals surface area contributed by atoms with Crippen molar-refractivity contribution in [3.63, 3.8) is 0 Å². The zero-order valence-electron chi connectivity index (χ0n) is 21.6. The number of carboxylic acid groups (broad SMARTS) is 1. The number of aromatic nitrogens is 1. The molecule has 40 heavy (non-hydrogen) atoms. The van der Waals surface area contributed by atoms with Gasteiger partial charge in [0, 0.05) is 35.0 Å². The first-order valence-corrected chi connectivity index (χ1v) is 15.2. The van der Waals surface area contributed by atoms with Gasteiger partial charge in [-0.1, -0.05) is 52.3 Å². The van der Waals surface area contributed by atoms with E-state index in [0.717, 1.165) is 62.9 Å². The molecule has 1 N–H and O–H groups in total. The van der Waals surface area contributed by atoms with Crippen LogP contribution in [0.1, 0.15) is 55.8 Å². The van der Waals surface area contributed by atoms with Gasteiger partial charge in [-0.3, -0.25) is 4.90 Å². The number of fused-ring (bicyclic) bond motifs is 1. The van der Waals surface area contributed by atoms with E-state index in [2.05, 4.69) is 10.1 Å². The third-order valence-corrected chi connectivity index (χ3v) is 10.5. The third-order valence-electron chi connectivity index (χ3n) is 8.60. The first kappa shape index (κ1) is 26.6. The number of rotatable bonds is 6. The Morgan fingerprint density at radius 1 is 1.20 bits per heavy atom. The number of hydrogen-bond donors (Lipinski definition) is 1. The Morgan fingerprint density at radius 2 is 1.95 bits per heavy atom. The molecule has 3 heterocycles. The predicted octanol–water partition coefficient (Wildman–Crippen LogP) is 8.00. The molecule has 1 unspecified atom stereocenters. The standard InChI is InChI=1S/C29H28Cl2FN3O4S/c30-19-4-1-5-20(31)23(19)24-18(26(39-33-24)16-8-9-16)14-38-17-12-29(13-17)10-3-11-34(15-29)27-35(28(36)37)25-21(32)6-2-7-22(25)40-27/h1-2,4-7,16-17,27H,3,8-15H2,(H,36,37). The van der Waals surface area contributed by atoms with E-state index in [1.54, 1.807) is 24.3 Å². The van der Waals surface area contributed by atoms with Gasteiger partial charge >= 0.3 is 6.09 Å². The lowest BCUT2D eigenvalue weighted by molar-refractivity contribution is -0.116. The number of nitrogens with zero attached hydrogens (tertiary/aromatic N) is 3. The summed E-state index contributed by atoms with van der Waals surface area (Å²) >= 11 is 14.4. The largest absolute Gasteiger partial charge is 0.465 e. The Morgan fingerprint density at radius 3 is 2.67 bits per heavy atom. The van der Waals surface area contributed by atoms with Crippen LogP contribution in [0.3, 0.4) is 0 Å². The highest BCUT2D eigenvalue weighted by atomic mass is 35.5. The topological polar surface area (TPSA) is 79.0 Å². The smallest absolute Gasteiger partial charge is 0.413 e. The monoisotopic (exact) mass is 603 g/mol. The molecule has 7 rings (SSSR count). The molecule has 2 aliphatic heterocycles. The van der Waals surface area contributed by atoms with Gasteiger partial charge in [0.05, 0.1) is 28.4 Å². The van der Waals surface area contributed by atoms with Crippen molar-refractivity contribution in [2.75, 3.05) is 18.0 Å². The molecule has 0 bridgehead atoms. The van der Waals surface area contributed by atoms with E-state index in [9.17, 15) is 14.3 Å². The summed E-state index contributed by atoms with van der Waals surface area (Å²) in [6.07, 6.45) is 4.89. The summed E-state index contributed by atoms with van der Waals surface area (Å²) in [7, 11) is 0. The molecule has 2 saturated carbocycles. The van der Waals surface area contributed by atoms with E-state index in [4.69, 9.17) is 32.5 Å². The van der Waals surface area contributed by atoms with Crippen LogP contribution < -0.4 is 4.90 Å². The molecule has 1 saturated heterocycles. The molecule has 1 amide bonds. The fourth-order valence-corrected chi connectivity index (χ4v) is 8.47. The molecule has 1 spiro atoms. The van der Waals surface area contributed by atoms with E-state index in [0.29, 0.717) is 38.7 Å². The summed E-state index contributed by atoms with van der Waals surface area (Å²) in [6.45, 7) is 1.90. The molecular weight excluding hydrogens is 576 g/mol. The van der Waals surface area contributed by atoms with Crippen molar-refractivity contribution in [1.82, 2.24) is 10.1 Å². The number of amides is 1. The highest BCUT2D eigenvalue weighted by molar-refractivity contribution is 8.00. The van der Waals surface area contributed by atoms with Gasteiger partial charge in [-0.15, -0.1) is 0 Å². The fraction of sp³-hybridized carbons (Fsp3) is 0.448. The van der Waals surface area contributed by atoms with Gasteiger partial charge in [-0.25, -0.2) is 14.1 Å². The minimum Gasteiger partial charge on any atom is -0.465 e. The van der Waals surface area contributed by atoms with E-state index in [1.807, 2.05) is 6.07 Å². The zero-order chi connectivity index (χ0) is 27.6. The van der Waals surface area contributed by atoms with E-state index in [-0.39, 0.29) is 17.2 Å². The molecule has 1 aromatic heterocycles. The van der Waals surface area contributed by atoms with Crippen molar-refractivity contribution in [1.29, 1.82) is 0 Å². The van der Waals surface area contributed by atoms with Crippen LogP contribution >= 0.6 is 35.0 Å².